The number of halogens is 4. The quantitative estimate of drug-likeness (QED) is 0.359. The monoisotopic (exact) mass is 538 g/mol. The Morgan fingerprint density at radius 1 is 1.26 bits per heavy atom. The minimum absolute atomic E-state index is 0.125. The molecule has 2 heterocycles. The molecule has 0 bridgehead atoms. The Kier molecular flexibility index (Phi) is 6.90. The number of nitrogens with zero attached hydrogens (tertiary/aromatic N) is 1. The van der Waals surface area contributed by atoms with Crippen LogP contribution in [0.3, 0.4) is 0 Å². The first kappa shape index (κ1) is 26.8. The summed E-state index contributed by atoms with van der Waals surface area (Å²) in [6.07, 6.45) is -1.70. The summed E-state index contributed by atoms with van der Waals surface area (Å²) >= 11 is 0. The van der Waals surface area contributed by atoms with E-state index in [0.717, 1.165) is 17.7 Å². The number of aliphatic hydroxyl groups is 1. The molecule has 4 aliphatic rings. The topological polar surface area (TPSA) is 100 Å². The van der Waals surface area contributed by atoms with Crippen molar-refractivity contribution in [1.29, 1.82) is 0 Å². The highest BCUT2D eigenvalue weighted by atomic mass is 19.4. The number of alkyl halides is 3. The van der Waals surface area contributed by atoms with Crippen molar-refractivity contribution in [2.75, 3.05) is 19.7 Å². The van der Waals surface area contributed by atoms with Crippen LogP contribution < -0.4 is 5.32 Å². The molecule has 6 atom stereocenters. The van der Waals surface area contributed by atoms with Crippen LogP contribution in [0.2, 0.25) is 0 Å². The molecule has 2 aliphatic heterocycles. The van der Waals surface area contributed by atoms with Crippen LogP contribution in [-0.2, 0) is 20.9 Å². The van der Waals surface area contributed by atoms with Gasteiger partial charge >= 0.3 is 12.1 Å². The van der Waals surface area contributed by atoms with E-state index in [1.54, 1.807) is 0 Å². The van der Waals surface area contributed by atoms with E-state index < -0.39 is 41.3 Å². The molecule has 0 saturated heterocycles. The molecule has 1 aromatic carbocycles. The Hall–Kier alpha value is -2.76. The lowest BCUT2D eigenvalue weighted by molar-refractivity contribution is -0.139. The number of ether oxygens (including phenoxy) is 2. The molecule has 5 rings (SSSR count). The summed E-state index contributed by atoms with van der Waals surface area (Å²) in [7, 11) is 0. The molecule has 0 radical (unpaired) electrons. The first-order valence-corrected chi connectivity index (χ1v) is 12.6. The van der Waals surface area contributed by atoms with Gasteiger partial charge in [-0.2, -0.15) is 13.2 Å². The van der Waals surface area contributed by atoms with E-state index in [1.807, 2.05) is 6.08 Å². The van der Waals surface area contributed by atoms with Crippen molar-refractivity contribution in [3.05, 3.63) is 58.4 Å². The molecule has 38 heavy (non-hydrogen) atoms. The molecule has 0 aromatic heterocycles. The highest BCUT2D eigenvalue weighted by molar-refractivity contribution is 5.90. The maximum absolute atomic E-state index is 14.6. The maximum atomic E-state index is 14.6. The van der Waals surface area contributed by atoms with Crippen molar-refractivity contribution in [3.8, 4) is 0 Å². The van der Waals surface area contributed by atoms with Crippen LogP contribution in [-0.4, -0.2) is 59.8 Å². The fourth-order valence-corrected chi connectivity index (χ4v) is 5.86. The molecule has 1 aromatic rings. The van der Waals surface area contributed by atoms with Crippen LogP contribution >= 0.6 is 0 Å². The smallest absolute Gasteiger partial charge is 0.413 e. The molecule has 3 N–H and O–H groups in total. The second-order valence-electron chi connectivity index (χ2n) is 11.1. The van der Waals surface area contributed by atoms with Crippen molar-refractivity contribution < 1.29 is 42.0 Å². The van der Waals surface area contributed by atoms with Gasteiger partial charge in [-0.1, -0.05) is 11.6 Å². The van der Waals surface area contributed by atoms with Crippen LogP contribution in [0.4, 0.5) is 17.6 Å². The third-order valence-electron chi connectivity index (χ3n) is 7.71. The number of carbonyl (C=O) groups is 1. The Morgan fingerprint density at radius 2 is 2.03 bits per heavy atom. The van der Waals surface area contributed by atoms with E-state index in [-0.39, 0.29) is 60.5 Å². The predicted octanol–water partition coefficient (Wildman–Crippen LogP) is 3.94. The number of rotatable bonds is 7. The van der Waals surface area contributed by atoms with Gasteiger partial charge in [-0.25, -0.2) is 4.39 Å². The summed E-state index contributed by atoms with van der Waals surface area (Å²) in [6, 6.07) is 3.82. The van der Waals surface area contributed by atoms with Gasteiger partial charge < -0.3 is 19.7 Å². The normalized spacial score (nSPS) is 30.6. The summed E-state index contributed by atoms with van der Waals surface area (Å²) in [5, 5.41) is 22.3. The van der Waals surface area contributed by atoms with Crippen molar-refractivity contribution in [3.63, 3.8) is 0 Å². The van der Waals surface area contributed by atoms with E-state index in [4.69, 9.17) is 9.47 Å². The van der Waals surface area contributed by atoms with Crippen LogP contribution in [0.15, 0.2) is 46.5 Å². The van der Waals surface area contributed by atoms with Crippen molar-refractivity contribution in [2.45, 2.75) is 50.8 Å². The molecule has 206 valence electrons. The number of carboxylic acids is 1. The van der Waals surface area contributed by atoms with Crippen molar-refractivity contribution in [1.82, 2.24) is 5.32 Å². The standard InChI is InChI=1S/C27H30F4N2O5/c1-26(2,36)12-38-22-8-19(27(29,30)31)17(9-32-22)13-3-4-20(28)15(5-13)11-37-21-7-14-6-16-23(18(14)10-33-21)24(16)25(34)35/h3-5,7-8,16-18,21,23-24,33,36H,6,9-12H2,1-2H3,(H,34,35)/t16-,17?,18?,21?,23-,24+/m1/s1. The largest absolute Gasteiger partial charge is 0.481 e. The molecule has 0 spiro atoms. The first-order valence-electron chi connectivity index (χ1n) is 12.6. The SMILES string of the molecule is CC(C)(O)COC1=NCC(c2ccc(F)c(COC3C=C4C[C@H]5[C@H](C(=O)O)[C@H]5C4CN3)c2)C(C(F)(F)F)=C1. The van der Waals surface area contributed by atoms with Gasteiger partial charge in [0.25, 0.3) is 0 Å². The molecule has 7 nitrogen and oxygen atoms in total. The second kappa shape index (κ2) is 9.77. The Labute approximate surface area is 217 Å². The van der Waals surface area contributed by atoms with E-state index in [1.165, 1.54) is 26.0 Å². The number of benzene rings is 1. The number of hydrogen-bond donors (Lipinski definition) is 3. The Bertz CT molecular complexity index is 1200. The van der Waals surface area contributed by atoms with Crippen LogP contribution in [0.5, 0.6) is 0 Å². The minimum atomic E-state index is -4.66. The highest BCUT2D eigenvalue weighted by Gasteiger charge is 2.63. The minimum Gasteiger partial charge on any atom is -0.481 e. The van der Waals surface area contributed by atoms with Gasteiger partial charge in [0.2, 0.25) is 5.90 Å². The average molecular weight is 539 g/mol. The lowest BCUT2D eigenvalue weighted by Crippen LogP contribution is -2.39. The van der Waals surface area contributed by atoms with Crippen molar-refractivity contribution in [2.24, 2.45) is 28.7 Å². The van der Waals surface area contributed by atoms with Gasteiger partial charge in [-0.05, 0) is 61.8 Å². The predicted molar refractivity (Wildman–Crippen MR) is 129 cm³/mol. The molecular formula is C27H30F4N2O5. The third-order valence-corrected chi connectivity index (χ3v) is 7.71. The van der Waals surface area contributed by atoms with Gasteiger partial charge in [0.1, 0.15) is 18.7 Å². The lowest BCUT2D eigenvalue weighted by atomic mass is 9.88. The Morgan fingerprint density at radius 3 is 2.71 bits per heavy atom. The molecular weight excluding hydrogens is 508 g/mol. The zero-order valence-corrected chi connectivity index (χ0v) is 21.0. The molecule has 2 fully saturated rings. The number of aliphatic imine (C=N–C) groups is 1. The summed E-state index contributed by atoms with van der Waals surface area (Å²) in [5.74, 6) is -2.51. The summed E-state index contributed by atoms with van der Waals surface area (Å²) in [4.78, 5) is 15.4. The van der Waals surface area contributed by atoms with Crippen LogP contribution in [0, 0.1) is 29.5 Å². The maximum Gasteiger partial charge on any atom is 0.413 e. The van der Waals surface area contributed by atoms with Gasteiger partial charge in [-0.3, -0.25) is 15.1 Å². The number of nitrogens with one attached hydrogen (secondary N) is 1. The molecule has 3 unspecified atom stereocenters. The number of dihydropyridines is 1. The zero-order chi connectivity index (χ0) is 27.4. The fourth-order valence-electron chi connectivity index (χ4n) is 5.86. The van der Waals surface area contributed by atoms with E-state index in [0.29, 0.717) is 13.0 Å². The summed E-state index contributed by atoms with van der Waals surface area (Å²) < 4.78 is 67.5. The van der Waals surface area contributed by atoms with E-state index >= 15 is 0 Å². The number of fused-ring (bicyclic) bond motifs is 3. The van der Waals surface area contributed by atoms with Gasteiger partial charge in [0.15, 0.2) is 0 Å². The summed E-state index contributed by atoms with van der Waals surface area (Å²) in [5.41, 5.74) is -0.566. The van der Waals surface area contributed by atoms with Gasteiger partial charge in [0.05, 0.1) is 24.7 Å². The van der Waals surface area contributed by atoms with E-state index in [2.05, 4.69) is 10.3 Å². The molecule has 2 aliphatic carbocycles. The number of aliphatic carboxylic acids is 1. The number of carboxylic acid groups (broad SMARTS) is 1. The average Bonchev–Trinajstić information content (AvgIpc) is 3.43. The van der Waals surface area contributed by atoms with Gasteiger partial charge in [-0.15, -0.1) is 0 Å². The van der Waals surface area contributed by atoms with Crippen LogP contribution in [0.1, 0.15) is 37.3 Å². The molecule has 0 amide bonds. The second-order valence-corrected chi connectivity index (χ2v) is 11.1. The van der Waals surface area contributed by atoms with Gasteiger partial charge in [0, 0.05) is 29.7 Å². The highest BCUT2D eigenvalue weighted by Crippen LogP contribution is 2.63. The molecule has 2 saturated carbocycles. The first-order chi connectivity index (χ1) is 17.8. The fraction of sp³-hybridized carbons (Fsp3) is 0.556. The summed E-state index contributed by atoms with van der Waals surface area (Å²) in [6.45, 7) is 2.90. The lowest BCUT2D eigenvalue weighted by Gasteiger charge is -2.28. The zero-order valence-electron chi connectivity index (χ0n) is 21.0. The number of hydrogen-bond acceptors (Lipinski definition) is 6. The van der Waals surface area contributed by atoms with Crippen molar-refractivity contribution >= 4 is 11.9 Å². The van der Waals surface area contributed by atoms with Crippen LogP contribution in [0.25, 0.3) is 0 Å². The van der Waals surface area contributed by atoms with E-state index in [9.17, 15) is 32.6 Å². The Balaban J connectivity index is 1.26. The third kappa shape index (κ3) is 5.50. The molecule has 11 heteroatoms.